The Balaban J connectivity index is 2.33. The molecule has 2 atom stereocenters. The summed E-state index contributed by atoms with van der Waals surface area (Å²) in [6.07, 6.45) is 0. The van der Waals surface area contributed by atoms with Crippen LogP contribution in [0, 0.1) is 20.8 Å². The summed E-state index contributed by atoms with van der Waals surface area (Å²) in [7, 11) is 2.18. The zero-order valence-corrected chi connectivity index (χ0v) is 14.5. The second kappa shape index (κ2) is 6.73. The van der Waals surface area contributed by atoms with Crippen LogP contribution in [-0.4, -0.2) is 18.5 Å². The summed E-state index contributed by atoms with van der Waals surface area (Å²) in [5.74, 6) is 0. The topological polar surface area (TPSA) is 29.3 Å². The van der Waals surface area contributed by atoms with E-state index in [0.29, 0.717) is 12.6 Å². The lowest BCUT2D eigenvalue weighted by Gasteiger charge is -2.33. The molecular formula is C18H26N2S. The summed E-state index contributed by atoms with van der Waals surface area (Å²) in [4.78, 5) is 3.78. The summed E-state index contributed by atoms with van der Waals surface area (Å²) in [6.45, 7) is 9.42. The van der Waals surface area contributed by atoms with Crippen LogP contribution in [0.3, 0.4) is 0 Å². The molecule has 2 aromatic rings. The number of hydrogen-bond acceptors (Lipinski definition) is 3. The van der Waals surface area contributed by atoms with Crippen molar-refractivity contribution < 1.29 is 0 Å². The van der Waals surface area contributed by atoms with Crippen LogP contribution < -0.4 is 5.73 Å². The van der Waals surface area contributed by atoms with Crippen molar-refractivity contribution in [1.29, 1.82) is 0 Å². The molecule has 2 rings (SSSR count). The third kappa shape index (κ3) is 3.37. The van der Waals surface area contributed by atoms with Crippen LogP contribution in [0.25, 0.3) is 0 Å². The Morgan fingerprint density at radius 3 is 2.38 bits per heavy atom. The van der Waals surface area contributed by atoms with Crippen LogP contribution in [0.15, 0.2) is 29.6 Å². The Kier molecular flexibility index (Phi) is 5.20. The molecular weight excluding hydrogens is 276 g/mol. The first-order valence-electron chi connectivity index (χ1n) is 7.48. The quantitative estimate of drug-likeness (QED) is 0.889. The molecule has 114 valence electrons. The van der Waals surface area contributed by atoms with E-state index in [2.05, 4.69) is 69.3 Å². The van der Waals surface area contributed by atoms with Crippen LogP contribution >= 0.6 is 11.3 Å². The molecule has 1 aromatic carbocycles. The van der Waals surface area contributed by atoms with Crippen molar-refractivity contribution in [2.45, 2.75) is 39.8 Å². The van der Waals surface area contributed by atoms with E-state index in [1.54, 1.807) is 0 Å². The Hall–Kier alpha value is -1.16. The zero-order chi connectivity index (χ0) is 15.6. The summed E-state index contributed by atoms with van der Waals surface area (Å²) < 4.78 is 0. The van der Waals surface area contributed by atoms with Gasteiger partial charge in [-0.05, 0) is 68.4 Å². The van der Waals surface area contributed by atoms with Gasteiger partial charge in [0.25, 0.3) is 0 Å². The van der Waals surface area contributed by atoms with E-state index in [4.69, 9.17) is 5.73 Å². The predicted octanol–water partition coefficient (Wildman–Crippen LogP) is 4.37. The molecule has 0 aliphatic rings. The van der Waals surface area contributed by atoms with Crippen LogP contribution in [0.5, 0.6) is 0 Å². The fraction of sp³-hybridized carbons (Fsp3) is 0.444. The molecule has 0 aliphatic heterocycles. The molecule has 0 spiro atoms. The standard InChI is InChI=1S/C18H26N2S/c1-12-9-14(3)16(10-13(12)2)17(11-19)20(5)15(4)18-7-6-8-21-18/h6-10,15,17H,11,19H2,1-5H3. The van der Waals surface area contributed by atoms with E-state index < -0.39 is 0 Å². The van der Waals surface area contributed by atoms with Crippen LogP contribution in [0.2, 0.25) is 0 Å². The molecule has 0 amide bonds. The van der Waals surface area contributed by atoms with Gasteiger partial charge in [-0.1, -0.05) is 18.2 Å². The fourth-order valence-corrected chi connectivity index (χ4v) is 3.69. The fourth-order valence-electron chi connectivity index (χ4n) is 2.85. The van der Waals surface area contributed by atoms with Crippen LogP contribution in [0.1, 0.15) is 46.1 Å². The van der Waals surface area contributed by atoms with Gasteiger partial charge in [0.1, 0.15) is 0 Å². The minimum Gasteiger partial charge on any atom is -0.329 e. The normalized spacial score (nSPS) is 14.4. The Bertz CT molecular complexity index is 590. The second-order valence-corrected chi connectivity index (χ2v) is 6.88. The first-order valence-corrected chi connectivity index (χ1v) is 8.36. The summed E-state index contributed by atoms with van der Waals surface area (Å²) in [5, 5.41) is 2.14. The molecule has 0 saturated carbocycles. The molecule has 1 aromatic heterocycles. The number of benzene rings is 1. The highest BCUT2D eigenvalue weighted by atomic mass is 32.1. The molecule has 0 fully saturated rings. The van der Waals surface area contributed by atoms with Crippen molar-refractivity contribution in [3.63, 3.8) is 0 Å². The second-order valence-electron chi connectivity index (χ2n) is 5.90. The van der Waals surface area contributed by atoms with E-state index in [9.17, 15) is 0 Å². The first-order chi connectivity index (χ1) is 9.95. The lowest BCUT2D eigenvalue weighted by molar-refractivity contribution is 0.192. The first kappa shape index (κ1) is 16.2. The largest absolute Gasteiger partial charge is 0.329 e. The van der Waals surface area contributed by atoms with Crippen LogP contribution in [0.4, 0.5) is 0 Å². The Morgan fingerprint density at radius 2 is 1.81 bits per heavy atom. The van der Waals surface area contributed by atoms with E-state index in [1.807, 2.05) is 11.3 Å². The number of likely N-dealkylation sites (N-methyl/N-ethyl adjacent to an activating group) is 1. The van der Waals surface area contributed by atoms with E-state index in [0.717, 1.165) is 0 Å². The molecule has 2 nitrogen and oxygen atoms in total. The monoisotopic (exact) mass is 302 g/mol. The molecule has 1 heterocycles. The van der Waals surface area contributed by atoms with Gasteiger partial charge in [0.2, 0.25) is 0 Å². The van der Waals surface area contributed by atoms with E-state index in [1.165, 1.54) is 27.1 Å². The number of rotatable bonds is 5. The van der Waals surface area contributed by atoms with Crippen molar-refractivity contribution in [1.82, 2.24) is 4.90 Å². The lowest BCUT2D eigenvalue weighted by Crippen LogP contribution is -2.33. The number of thiophene rings is 1. The minimum atomic E-state index is 0.251. The average Bonchev–Trinajstić information content (AvgIpc) is 2.98. The van der Waals surface area contributed by atoms with Gasteiger partial charge in [0, 0.05) is 23.5 Å². The molecule has 3 heteroatoms. The van der Waals surface area contributed by atoms with Gasteiger partial charge in [0.05, 0.1) is 0 Å². The van der Waals surface area contributed by atoms with Gasteiger partial charge in [-0.25, -0.2) is 0 Å². The number of aryl methyl sites for hydroxylation is 3. The Labute approximate surface area is 132 Å². The van der Waals surface area contributed by atoms with Gasteiger partial charge in [-0.2, -0.15) is 0 Å². The number of nitrogens with two attached hydrogens (primary N) is 1. The van der Waals surface area contributed by atoms with Gasteiger partial charge >= 0.3 is 0 Å². The molecule has 0 bridgehead atoms. The lowest BCUT2D eigenvalue weighted by atomic mass is 9.94. The van der Waals surface area contributed by atoms with Gasteiger partial charge in [-0.3, -0.25) is 4.90 Å². The molecule has 0 saturated heterocycles. The van der Waals surface area contributed by atoms with Crippen molar-refractivity contribution in [2.75, 3.05) is 13.6 Å². The number of nitrogens with zero attached hydrogens (tertiary/aromatic N) is 1. The zero-order valence-electron chi connectivity index (χ0n) is 13.7. The maximum Gasteiger partial charge on any atom is 0.0476 e. The minimum absolute atomic E-state index is 0.251. The maximum absolute atomic E-state index is 6.12. The Morgan fingerprint density at radius 1 is 1.14 bits per heavy atom. The SMILES string of the molecule is Cc1cc(C)c(C(CN)N(C)C(C)c2cccs2)cc1C. The summed E-state index contributed by atoms with van der Waals surface area (Å²) in [6, 6.07) is 9.52. The van der Waals surface area contributed by atoms with E-state index >= 15 is 0 Å². The molecule has 0 radical (unpaired) electrons. The van der Waals surface area contributed by atoms with Crippen molar-refractivity contribution in [3.05, 3.63) is 56.8 Å². The van der Waals surface area contributed by atoms with E-state index in [-0.39, 0.29) is 6.04 Å². The highest BCUT2D eigenvalue weighted by Gasteiger charge is 2.23. The van der Waals surface area contributed by atoms with Crippen molar-refractivity contribution in [3.8, 4) is 0 Å². The highest BCUT2D eigenvalue weighted by molar-refractivity contribution is 7.10. The molecule has 21 heavy (non-hydrogen) atoms. The van der Waals surface area contributed by atoms with Crippen molar-refractivity contribution >= 4 is 11.3 Å². The maximum atomic E-state index is 6.12. The summed E-state index contributed by atoms with van der Waals surface area (Å²) in [5.41, 5.74) is 11.5. The van der Waals surface area contributed by atoms with Gasteiger partial charge < -0.3 is 5.73 Å². The number of hydrogen-bond donors (Lipinski definition) is 1. The summed E-state index contributed by atoms with van der Waals surface area (Å²) >= 11 is 1.81. The van der Waals surface area contributed by atoms with Crippen molar-refractivity contribution in [2.24, 2.45) is 5.73 Å². The molecule has 0 aliphatic carbocycles. The molecule has 2 N–H and O–H groups in total. The average molecular weight is 302 g/mol. The van der Waals surface area contributed by atoms with Gasteiger partial charge in [-0.15, -0.1) is 11.3 Å². The van der Waals surface area contributed by atoms with Crippen LogP contribution in [-0.2, 0) is 0 Å². The third-order valence-electron chi connectivity index (χ3n) is 4.52. The smallest absolute Gasteiger partial charge is 0.0476 e. The predicted molar refractivity (Wildman–Crippen MR) is 92.9 cm³/mol. The van der Waals surface area contributed by atoms with Gasteiger partial charge in [0.15, 0.2) is 0 Å². The third-order valence-corrected chi connectivity index (χ3v) is 5.56. The highest BCUT2D eigenvalue weighted by Crippen LogP contribution is 2.32. The molecule has 2 unspecified atom stereocenters.